The van der Waals surface area contributed by atoms with Crippen LogP contribution in [0.2, 0.25) is 0 Å². The minimum Gasteiger partial charge on any atom is -0.355 e. The molecule has 6 rings (SSSR count). The van der Waals surface area contributed by atoms with Gasteiger partial charge in [0.15, 0.2) is 11.5 Å². The van der Waals surface area contributed by atoms with Crippen LogP contribution in [0.4, 0.5) is 19.0 Å². The van der Waals surface area contributed by atoms with E-state index in [0.717, 1.165) is 34.9 Å². The number of benzene rings is 2. The number of halogens is 3. The molecule has 2 aromatic carbocycles. The quantitative estimate of drug-likeness (QED) is 0.314. The van der Waals surface area contributed by atoms with E-state index in [0.29, 0.717) is 23.5 Å². The van der Waals surface area contributed by atoms with Crippen molar-refractivity contribution in [3.63, 3.8) is 0 Å². The fraction of sp³-hybridized carbons (Fsp3) is 0.222. The number of alkyl halides is 1. The normalized spacial score (nSPS) is 17.6. The monoisotopic (exact) mass is 504 g/mol. The molecule has 1 aliphatic rings. The molecule has 2 atom stereocenters. The second-order valence-corrected chi connectivity index (χ2v) is 9.07. The summed E-state index contributed by atoms with van der Waals surface area (Å²) in [7, 11) is 0. The first kappa shape index (κ1) is 23.2. The molecule has 0 radical (unpaired) electrons. The van der Waals surface area contributed by atoms with Gasteiger partial charge < -0.3 is 9.64 Å². The van der Waals surface area contributed by atoms with Crippen molar-refractivity contribution in [3.05, 3.63) is 95.9 Å². The van der Waals surface area contributed by atoms with E-state index < -0.39 is 23.8 Å². The Morgan fingerprint density at radius 3 is 2.76 bits per heavy atom. The van der Waals surface area contributed by atoms with Crippen molar-refractivity contribution in [3.8, 4) is 11.1 Å². The number of ether oxygens (including phenoxy) is 1. The van der Waals surface area contributed by atoms with E-state index >= 15 is 0 Å². The molecule has 0 aliphatic carbocycles. The Kier molecular flexibility index (Phi) is 6.09. The van der Waals surface area contributed by atoms with E-state index in [-0.39, 0.29) is 25.3 Å². The maximum atomic E-state index is 14.6. The van der Waals surface area contributed by atoms with Crippen LogP contribution in [-0.2, 0) is 18.1 Å². The number of nitrogens with zero attached hydrogens (tertiary/aromatic N) is 5. The highest BCUT2D eigenvalue weighted by Gasteiger charge is 2.37. The third-order valence-corrected chi connectivity index (χ3v) is 6.54. The van der Waals surface area contributed by atoms with E-state index in [1.807, 2.05) is 42.6 Å². The number of aromatic nitrogens is 5. The predicted molar refractivity (Wildman–Crippen MR) is 132 cm³/mol. The number of rotatable bonds is 7. The molecule has 1 saturated heterocycles. The molecule has 0 amide bonds. The summed E-state index contributed by atoms with van der Waals surface area (Å²) >= 11 is 0. The SMILES string of the molecule is Fc1ccc(F)c([C@H]2C[C@H](F)CN2c2n[nH]c3ncc(-c4cnn(COCc5ccccc5)c4)cc23)c1. The van der Waals surface area contributed by atoms with Gasteiger partial charge in [0.2, 0.25) is 0 Å². The summed E-state index contributed by atoms with van der Waals surface area (Å²) < 4.78 is 50.5. The Morgan fingerprint density at radius 2 is 1.89 bits per heavy atom. The second-order valence-electron chi connectivity index (χ2n) is 9.07. The molecular weight excluding hydrogens is 481 g/mol. The third kappa shape index (κ3) is 4.67. The van der Waals surface area contributed by atoms with Gasteiger partial charge in [-0.25, -0.2) is 22.8 Å². The summed E-state index contributed by atoms with van der Waals surface area (Å²) in [5.74, 6) is -0.706. The molecule has 188 valence electrons. The molecule has 1 fully saturated rings. The zero-order chi connectivity index (χ0) is 25.4. The Bertz CT molecular complexity index is 1540. The highest BCUT2D eigenvalue weighted by Crippen LogP contribution is 2.40. The number of aromatic amines is 1. The molecule has 5 aromatic rings. The van der Waals surface area contributed by atoms with Crippen molar-refractivity contribution >= 4 is 16.9 Å². The highest BCUT2D eigenvalue weighted by molar-refractivity contribution is 5.91. The molecule has 4 heterocycles. The fourth-order valence-corrected chi connectivity index (χ4v) is 4.77. The van der Waals surface area contributed by atoms with Crippen LogP contribution < -0.4 is 4.90 Å². The zero-order valence-corrected chi connectivity index (χ0v) is 19.7. The number of hydrogen-bond acceptors (Lipinski definition) is 5. The van der Waals surface area contributed by atoms with Gasteiger partial charge in [-0.05, 0) is 29.8 Å². The molecule has 0 saturated carbocycles. The van der Waals surface area contributed by atoms with Crippen molar-refractivity contribution in [2.75, 3.05) is 11.4 Å². The van der Waals surface area contributed by atoms with Crippen LogP contribution in [0.3, 0.4) is 0 Å². The zero-order valence-electron chi connectivity index (χ0n) is 19.7. The summed E-state index contributed by atoms with van der Waals surface area (Å²) in [4.78, 5) is 6.14. The average Bonchev–Trinajstić information content (AvgIpc) is 3.64. The number of pyridine rings is 1. The van der Waals surface area contributed by atoms with Crippen LogP contribution in [0.5, 0.6) is 0 Å². The molecule has 0 bridgehead atoms. The van der Waals surface area contributed by atoms with Gasteiger partial charge in [0.05, 0.1) is 30.8 Å². The van der Waals surface area contributed by atoms with Gasteiger partial charge >= 0.3 is 0 Å². The van der Waals surface area contributed by atoms with Crippen LogP contribution in [0, 0.1) is 11.6 Å². The predicted octanol–water partition coefficient (Wildman–Crippen LogP) is 5.56. The first-order chi connectivity index (χ1) is 18.0. The standard InChI is InChI=1S/C27H23F3N6O/c28-20-6-7-24(30)22(9-20)25-10-21(29)14-36(25)27-23-8-18(11-31-26(23)33-34-27)19-12-32-35(13-19)16-37-15-17-4-2-1-3-5-17/h1-9,11-13,21,25H,10,14-16H2,(H,31,33,34)/t21-,25+/m0/s1. The van der Waals surface area contributed by atoms with Gasteiger partial charge in [0, 0.05) is 35.5 Å². The van der Waals surface area contributed by atoms with Gasteiger partial charge in [-0.1, -0.05) is 30.3 Å². The lowest BCUT2D eigenvalue weighted by molar-refractivity contribution is 0.0561. The van der Waals surface area contributed by atoms with Gasteiger partial charge in [-0.2, -0.15) is 10.2 Å². The molecular formula is C27H23F3N6O. The van der Waals surface area contributed by atoms with Gasteiger partial charge in [-0.3, -0.25) is 5.10 Å². The summed E-state index contributed by atoms with van der Waals surface area (Å²) in [5.41, 5.74) is 3.30. The Hall–Kier alpha value is -4.18. The molecule has 0 unspecified atom stereocenters. The van der Waals surface area contributed by atoms with Gasteiger partial charge in [0.1, 0.15) is 24.5 Å². The van der Waals surface area contributed by atoms with Crippen LogP contribution in [-0.4, -0.2) is 37.7 Å². The summed E-state index contributed by atoms with van der Waals surface area (Å²) in [6.07, 6.45) is 4.10. The van der Waals surface area contributed by atoms with Crippen molar-refractivity contribution < 1.29 is 17.9 Å². The third-order valence-electron chi connectivity index (χ3n) is 6.54. The van der Waals surface area contributed by atoms with Crippen molar-refractivity contribution in [2.45, 2.75) is 32.0 Å². The Labute approximate surface area is 210 Å². The van der Waals surface area contributed by atoms with Crippen LogP contribution >= 0.6 is 0 Å². The maximum absolute atomic E-state index is 14.6. The molecule has 7 nitrogen and oxygen atoms in total. The molecule has 1 aliphatic heterocycles. The largest absolute Gasteiger partial charge is 0.355 e. The average molecular weight is 505 g/mol. The van der Waals surface area contributed by atoms with E-state index in [2.05, 4.69) is 20.3 Å². The highest BCUT2D eigenvalue weighted by atomic mass is 19.1. The maximum Gasteiger partial charge on any atom is 0.160 e. The summed E-state index contributed by atoms with van der Waals surface area (Å²) in [6, 6.07) is 14.3. The lowest BCUT2D eigenvalue weighted by Crippen LogP contribution is -2.25. The van der Waals surface area contributed by atoms with E-state index in [9.17, 15) is 13.2 Å². The number of anilines is 1. The Morgan fingerprint density at radius 1 is 1.03 bits per heavy atom. The van der Waals surface area contributed by atoms with Crippen molar-refractivity contribution in [1.29, 1.82) is 0 Å². The summed E-state index contributed by atoms with van der Waals surface area (Å²) in [5, 5.41) is 12.3. The van der Waals surface area contributed by atoms with Crippen molar-refractivity contribution in [2.24, 2.45) is 0 Å². The van der Waals surface area contributed by atoms with Crippen LogP contribution in [0.1, 0.15) is 23.6 Å². The fourth-order valence-electron chi connectivity index (χ4n) is 4.77. The van der Waals surface area contributed by atoms with Gasteiger partial charge in [-0.15, -0.1) is 0 Å². The minimum absolute atomic E-state index is 0.0154. The summed E-state index contributed by atoms with van der Waals surface area (Å²) in [6.45, 7) is 0.774. The Balaban J connectivity index is 1.26. The first-order valence-electron chi connectivity index (χ1n) is 11.9. The van der Waals surface area contributed by atoms with Crippen molar-refractivity contribution in [1.82, 2.24) is 25.0 Å². The molecule has 37 heavy (non-hydrogen) atoms. The number of H-pyrrole nitrogens is 1. The van der Waals surface area contributed by atoms with Crippen LogP contribution in [0.25, 0.3) is 22.2 Å². The van der Waals surface area contributed by atoms with Gasteiger partial charge in [0.25, 0.3) is 0 Å². The topological polar surface area (TPSA) is 71.9 Å². The number of hydrogen-bond donors (Lipinski definition) is 1. The molecule has 0 spiro atoms. The van der Waals surface area contributed by atoms with E-state index in [4.69, 9.17) is 4.74 Å². The first-order valence-corrected chi connectivity index (χ1v) is 11.9. The molecule has 3 aromatic heterocycles. The van der Waals surface area contributed by atoms with E-state index in [1.54, 1.807) is 22.0 Å². The second kappa shape index (κ2) is 9.70. The smallest absolute Gasteiger partial charge is 0.160 e. The molecule has 1 N–H and O–H groups in total. The van der Waals surface area contributed by atoms with Crippen LogP contribution in [0.15, 0.2) is 73.2 Å². The van der Waals surface area contributed by atoms with E-state index in [1.165, 1.54) is 0 Å². The molecule has 10 heteroatoms. The number of fused-ring (bicyclic) bond motifs is 1. The lowest BCUT2D eigenvalue weighted by atomic mass is 10.0. The minimum atomic E-state index is -1.20. The number of nitrogens with one attached hydrogen (secondary N) is 1. The lowest BCUT2D eigenvalue weighted by Gasteiger charge is -2.25.